The van der Waals surface area contributed by atoms with Crippen LogP contribution in [0.15, 0.2) is 36.5 Å². The number of methoxy groups -OCH3 is 1. The normalized spacial score (nSPS) is 12.9. The summed E-state index contributed by atoms with van der Waals surface area (Å²) in [6, 6.07) is 7.87. The van der Waals surface area contributed by atoms with E-state index in [2.05, 4.69) is 20.4 Å². The lowest BCUT2D eigenvalue weighted by atomic mass is 10.1. The molecule has 0 unspecified atom stereocenters. The third-order valence-electron chi connectivity index (χ3n) is 3.93. The molecule has 0 atom stereocenters. The van der Waals surface area contributed by atoms with Crippen molar-refractivity contribution in [1.82, 2.24) is 4.98 Å². The molecule has 28 heavy (non-hydrogen) atoms. The lowest BCUT2D eigenvalue weighted by Gasteiger charge is -2.26. The number of amides is 2. The van der Waals surface area contributed by atoms with Gasteiger partial charge in [0.15, 0.2) is 12.2 Å². The highest BCUT2D eigenvalue weighted by Gasteiger charge is 2.31. The molecule has 9 nitrogen and oxygen atoms in total. The third kappa shape index (κ3) is 4.20. The van der Waals surface area contributed by atoms with Gasteiger partial charge in [0.05, 0.1) is 18.4 Å². The number of carbonyl (C=O) groups excluding carboxylic acids is 3. The second-order valence-corrected chi connectivity index (χ2v) is 6.49. The summed E-state index contributed by atoms with van der Waals surface area (Å²) in [5, 5.41) is 5.32. The molecule has 0 aliphatic carbocycles. The topological polar surface area (TPSA) is 116 Å². The molecule has 1 aromatic carbocycles. The Morgan fingerprint density at radius 1 is 1.25 bits per heavy atom. The van der Waals surface area contributed by atoms with E-state index >= 15 is 0 Å². The Morgan fingerprint density at radius 2 is 2.04 bits per heavy atom. The molecule has 0 saturated carbocycles. The van der Waals surface area contributed by atoms with Crippen molar-refractivity contribution in [2.24, 2.45) is 0 Å². The summed E-state index contributed by atoms with van der Waals surface area (Å²) in [6.07, 6.45) is 1.31. The number of carbonyl (C=O) groups is 3. The van der Waals surface area contributed by atoms with Gasteiger partial charge in [-0.1, -0.05) is 0 Å². The molecule has 1 aliphatic rings. The molecule has 0 saturated heterocycles. The molecule has 2 aromatic rings. The van der Waals surface area contributed by atoms with Crippen molar-refractivity contribution >= 4 is 29.3 Å². The van der Waals surface area contributed by atoms with Crippen molar-refractivity contribution < 1.29 is 28.6 Å². The minimum absolute atomic E-state index is 0.0758. The lowest BCUT2D eigenvalue weighted by molar-refractivity contribution is -0.128. The summed E-state index contributed by atoms with van der Waals surface area (Å²) in [6.45, 7) is 3.13. The summed E-state index contributed by atoms with van der Waals surface area (Å²) >= 11 is 0. The predicted molar refractivity (Wildman–Crippen MR) is 99.5 cm³/mol. The van der Waals surface area contributed by atoms with E-state index in [-0.39, 0.29) is 23.9 Å². The maximum absolute atomic E-state index is 12.6. The average molecular weight is 385 g/mol. The van der Waals surface area contributed by atoms with Crippen molar-refractivity contribution in [1.29, 1.82) is 0 Å². The molecule has 9 heteroatoms. The SMILES string of the molecule is COC(=O)c1ccc(NC(=O)C(C)(C)Oc2ccc3c(c2)OCC(=O)N3)nc1. The number of esters is 1. The highest BCUT2D eigenvalue weighted by atomic mass is 16.5. The fraction of sp³-hybridized carbons (Fsp3) is 0.263. The summed E-state index contributed by atoms with van der Waals surface area (Å²) in [7, 11) is 1.28. The van der Waals surface area contributed by atoms with Gasteiger partial charge in [-0.3, -0.25) is 9.59 Å². The highest BCUT2D eigenvalue weighted by Crippen LogP contribution is 2.33. The molecule has 2 N–H and O–H groups in total. The molecule has 0 spiro atoms. The van der Waals surface area contributed by atoms with Crippen LogP contribution in [0.3, 0.4) is 0 Å². The second kappa shape index (κ2) is 7.55. The van der Waals surface area contributed by atoms with Crippen LogP contribution in [0.5, 0.6) is 11.5 Å². The minimum atomic E-state index is -1.23. The molecule has 146 valence electrons. The number of benzene rings is 1. The standard InChI is InChI=1S/C19H19N3O6/c1-19(2,18(25)22-15-7-4-11(9-20-15)17(24)26-3)28-12-5-6-13-14(8-12)27-10-16(23)21-13/h4-9H,10H2,1-3H3,(H,21,23)(H,20,22,25). The molecular formula is C19H19N3O6. The Bertz CT molecular complexity index is 924. The van der Waals surface area contributed by atoms with Crippen LogP contribution in [0.25, 0.3) is 0 Å². The molecule has 3 rings (SSSR count). The monoisotopic (exact) mass is 385 g/mol. The number of nitrogens with zero attached hydrogens (tertiary/aromatic N) is 1. The highest BCUT2D eigenvalue weighted by molar-refractivity contribution is 5.97. The van der Waals surface area contributed by atoms with Crippen LogP contribution in [0.4, 0.5) is 11.5 Å². The van der Waals surface area contributed by atoms with Crippen LogP contribution < -0.4 is 20.1 Å². The zero-order valence-electron chi connectivity index (χ0n) is 15.6. The lowest BCUT2D eigenvalue weighted by Crippen LogP contribution is -2.42. The van der Waals surface area contributed by atoms with Crippen molar-refractivity contribution in [3.63, 3.8) is 0 Å². The van der Waals surface area contributed by atoms with Crippen LogP contribution in [-0.2, 0) is 14.3 Å². The van der Waals surface area contributed by atoms with Gasteiger partial charge in [-0.05, 0) is 38.1 Å². The predicted octanol–water partition coefficient (Wildman–Crippen LogP) is 2.00. The number of hydrogen-bond donors (Lipinski definition) is 2. The Labute approximate surface area is 161 Å². The van der Waals surface area contributed by atoms with Crippen molar-refractivity contribution in [3.8, 4) is 11.5 Å². The number of aromatic nitrogens is 1. The van der Waals surface area contributed by atoms with Gasteiger partial charge >= 0.3 is 5.97 Å². The molecule has 1 aliphatic heterocycles. The molecule has 0 fully saturated rings. The smallest absolute Gasteiger partial charge is 0.339 e. The van der Waals surface area contributed by atoms with Gasteiger partial charge in [0.25, 0.3) is 11.8 Å². The Balaban J connectivity index is 1.67. The molecule has 0 bridgehead atoms. The molecule has 0 radical (unpaired) electrons. The van der Waals surface area contributed by atoms with Gasteiger partial charge in [-0.2, -0.15) is 0 Å². The fourth-order valence-corrected chi connectivity index (χ4v) is 2.43. The van der Waals surface area contributed by atoms with E-state index in [0.717, 1.165) is 0 Å². The van der Waals surface area contributed by atoms with Crippen molar-refractivity contribution in [2.45, 2.75) is 19.4 Å². The first-order chi connectivity index (χ1) is 13.3. The van der Waals surface area contributed by atoms with Gasteiger partial charge in [0.2, 0.25) is 0 Å². The van der Waals surface area contributed by atoms with Crippen LogP contribution >= 0.6 is 0 Å². The number of anilines is 2. The Hall–Kier alpha value is -3.62. The van der Waals surface area contributed by atoms with Crippen molar-refractivity contribution in [2.75, 3.05) is 24.4 Å². The van der Waals surface area contributed by atoms with E-state index in [1.165, 1.54) is 25.4 Å². The molecular weight excluding hydrogens is 366 g/mol. The third-order valence-corrected chi connectivity index (χ3v) is 3.93. The minimum Gasteiger partial charge on any atom is -0.481 e. The van der Waals surface area contributed by atoms with E-state index < -0.39 is 17.5 Å². The number of rotatable bonds is 5. The summed E-state index contributed by atoms with van der Waals surface area (Å²) in [5.74, 6) is -0.0348. The number of pyridine rings is 1. The summed E-state index contributed by atoms with van der Waals surface area (Å²) < 4.78 is 15.8. The van der Waals surface area contributed by atoms with E-state index in [1.807, 2.05) is 0 Å². The van der Waals surface area contributed by atoms with Crippen molar-refractivity contribution in [3.05, 3.63) is 42.1 Å². The second-order valence-electron chi connectivity index (χ2n) is 6.49. The van der Waals surface area contributed by atoms with Gasteiger partial charge in [-0.25, -0.2) is 9.78 Å². The van der Waals surface area contributed by atoms with Gasteiger partial charge in [-0.15, -0.1) is 0 Å². The first kappa shape index (κ1) is 19.2. The quantitative estimate of drug-likeness (QED) is 0.756. The first-order valence-corrected chi connectivity index (χ1v) is 8.40. The van der Waals surface area contributed by atoms with Gasteiger partial charge < -0.3 is 24.8 Å². The van der Waals surface area contributed by atoms with Crippen LogP contribution in [0.1, 0.15) is 24.2 Å². The zero-order valence-corrected chi connectivity index (χ0v) is 15.6. The van der Waals surface area contributed by atoms with Gasteiger partial charge in [0, 0.05) is 12.3 Å². The van der Waals surface area contributed by atoms with Crippen LogP contribution in [0, 0.1) is 0 Å². The van der Waals surface area contributed by atoms with E-state index in [0.29, 0.717) is 17.2 Å². The summed E-state index contributed by atoms with van der Waals surface area (Å²) in [5.41, 5.74) is -0.410. The van der Waals surface area contributed by atoms with E-state index in [4.69, 9.17) is 9.47 Å². The van der Waals surface area contributed by atoms with E-state index in [1.54, 1.807) is 32.0 Å². The van der Waals surface area contributed by atoms with E-state index in [9.17, 15) is 14.4 Å². The van der Waals surface area contributed by atoms with Gasteiger partial charge in [0.1, 0.15) is 17.3 Å². The average Bonchev–Trinajstić information content (AvgIpc) is 2.67. The number of hydrogen-bond acceptors (Lipinski definition) is 7. The maximum Gasteiger partial charge on any atom is 0.339 e. The molecule has 2 amide bonds. The summed E-state index contributed by atoms with van der Waals surface area (Å²) in [4.78, 5) is 39.4. The van der Waals surface area contributed by atoms with Crippen LogP contribution in [0.2, 0.25) is 0 Å². The van der Waals surface area contributed by atoms with Crippen LogP contribution in [-0.4, -0.2) is 42.1 Å². The Kier molecular flexibility index (Phi) is 5.16. The molecule has 2 heterocycles. The number of fused-ring (bicyclic) bond motifs is 1. The Morgan fingerprint density at radius 3 is 2.71 bits per heavy atom. The maximum atomic E-state index is 12.6. The zero-order chi connectivity index (χ0) is 20.3. The first-order valence-electron chi connectivity index (χ1n) is 8.40. The number of ether oxygens (including phenoxy) is 3. The largest absolute Gasteiger partial charge is 0.481 e. The molecule has 1 aromatic heterocycles. The number of nitrogens with one attached hydrogen (secondary N) is 2. The fourth-order valence-electron chi connectivity index (χ4n) is 2.43.